The summed E-state index contributed by atoms with van der Waals surface area (Å²) in [6, 6.07) is 58.4. The maximum absolute atomic E-state index is 13.4. The molecule has 6 aromatic carbocycles. The minimum atomic E-state index is -1.41. The van der Waals surface area contributed by atoms with Crippen molar-refractivity contribution in [2.75, 3.05) is 13.2 Å². The molecule has 5 saturated heterocycles. The van der Waals surface area contributed by atoms with Crippen LogP contribution in [0.25, 0.3) is 0 Å². The lowest BCUT2D eigenvalue weighted by atomic mass is 9.90. The van der Waals surface area contributed by atoms with E-state index >= 15 is 0 Å². The Bertz CT molecular complexity index is 3100. The number of hydrogen-bond acceptors (Lipinski definition) is 17. The largest absolute Gasteiger partial charge is 0.388 e. The fourth-order valence-electron chi connectivity index (χ4n) is 12.7. The first kappa shape index (κ1) is 66.6. The monoisotopic (exact) mass is 1250 g/mol. The molecule has 18 heteroatoms. The lowest BCUT2D eigenvalue weighted by molar-refractivity contribution is -0.410. The van der Waals surface area contributed by atoms with Crippen LogP contribution in [0, 0.1) is 5.92 Å². The molecule has 0 saturated carbocycles. The summed E-state index contributed by atoms with van der Waals surface area (Å²) in [5.41, 5.74) is 5.70. The number of ether oxygens (including phenoxy) is 15. The summed E-state index contributed by atoms with van der Waals surface area (Å²) < 4.78 is 105. The lowest BCUT2D eigenvalue weighted by Gasteiger charge is -2.53. The van der Waals surface area contributed by atoms with E-state index in [2.05, 4.69) is 12.2 Å². The van der Waals surface area contributed by atoms with Crippen LogP contribution >= 0.6 is 0 Å². The minimum Gasteiger partial charge on any atom is -0.388 e. The fraction of sp³-hybridized carbons (Fsp3) is 0.493. The maximum Gasteiger partial charge on any atom is 0.217 e. The van der Waals surface area contributed by atoms with Gasteiger partial charge in [-0.3, -0.25) is 4.79 Å². The van der Waals surface area contributed by atoms with Crippen LogP contribution in [-0.4, -0.2) is 146 Å². The SMILES string of the molecule is CC(=O)NC1[C@H](OC2[C@H](OC3[C@H](C)OC(C)[C@H](OCc4ccccc4)[C@@H]3OCc3ccccc3)OC(C)[C@H](OCc3ccccc3)[C@@H]2O[C@H]2O[C@@H](COCc3ccccc3)[C@@H](C)C(OCc3ccccc3)C2OCc2ccccc2)OC2COC(C)(C)O[C@H]2[C@@H]1O. The van der Waals surface area contributed by atoms with E-state index in [0.717, 1.165) is 33.4 Å². The van der Waals surface area contributed by atoms with Crippen LogP contribution in [-0.2, 0) is 115 Å². The minimum absolute atomic E-state index is 0.0365. The highest BCUT2D eigenvalue weighted by molar-refractivity contribution is 5.73. The van der Waals surface area contributed by atoms with E-state index in [1.54, 1.807) is 13.8 Å². The summed E-state index contributed by atoms with van der Waals surface area (Å²) in [4.78, 5) is 13.4. The van der Waals surface area contributed by atoms with Gasteiger partial charge in [-0.05, 0) is 68.0 Å². The van der Waals surface area contributed by atoms with Crippen LogP contribution in [0.1, 0.15) is 81.8 Å². The van der Waals surface area contributed by atoms with Gasteiger partial charge in [0.05, 0.1) is 83.4 Å². The zero-order valence-corrected chi connectivity index (χ0v) is 53.0. The Balaban J connectivity index is 1.02. The summed E-state index contributed by atoms with van der Waals surface area (Å²) in [7, 11) is 0. The quantitative estimate of drug-likeness (QED) is 0.0522. The molecule has 0 radical (unpaired) electrons. The smallest absolute Gasteiger partial charge is 0.217 e. The molecule has 8 unspecified atom stereocenters. The first-order valence-electron chi connectivity index (χ1n) is 32.0. The molecule has 0 aromatic heterocycles. The van der Waals surface area contributed by atoms with Gasteiger partial charge in [0.25, 0.3) is 0 Å². The van der Waals surface area contributed by atoms with Gasteiger partial charge in [-0.1, -0.05) is 189 Å². The average molecular weight is 1250 g/mol. The van der Waals surface area contributed by atoms with Crippen molar-refractivity contribution in [3.8, 4) is 0 Å². The molecule has 11 rings (SSSR count). The number of amides is 1. The number of aliphatic hydroxyl groups is 1. The molecule has 5 heterocycles. The van der Waals surface area contributed by atoms with Gasteiger partial charge in [-0.25, -0.2) is 0 Å². The van der Waals surface area contributed by atoms with E-state index in [4.69, 9.17) is 71.1 Å². The number of carbonyl (C=O) groups excluding carboxylic acids is 1. The van der Waals surface area contributed by atoms with E-state index in [9.17, 15) is 9.90 Å². The molecule has 0 aliphatic carbocycles. The Morgan fingerprint density at radius 3 is 1.35 bits per heavy atom. The van der Waals surface area contributed by atoms with Crippen LogP contribution in [0.4, 0.5) is 0 Å². The molecule has 20 atom stereocenters. The number of carbonyl (C=O) groups is 1. The average Bonchev–Trinajstić information content (AvgIpc) is 0.799. The molecule has 0 bridgehead atoms. The topological polar surface area (TPSA) is 188 Å². The number of fused-ring (bicyclic) bond motifs is 1. The summed E-state index contributed by atoms with van der Waals surface area (Å²) >= 11 is 0. The first-order chi connectivity index (χ1) is 44.2. The molecule has 5 fully saturated rings. The molecule has 1 amide bonds. The first-order valence-corrected chi connectivity index (χ1v) is 32.0. The summed E-state index contributed by atoms with van der Waals surface area (Å²) in [5, 5.41) is 15.4. The number of hydrogen-bond donors (Lipinski definition) is 2. The second kappa shape index (κ2) is 31.9. The Kier molecular flexibility index (Phi) is 23.3. The molecule has 6 aromatic rings. The van der Waals surface area contributed by atoms with Gasteiger partial charge in [0, 0.05) is 12.8 Å². The highest BCUT2D eigenvalue weighted by Gasteiger charge is 2.58. The van der Waals surface area contributed by atoms with Crippen LogP contribution < -0.4 is 5.32 Å². The highest BCUT2D eigenvalue weighted by Crippen LogP contribution is 2.41. The van der Waals surface area contributed by atoms with Gasteiger partial charge in [0.15, 0.2) is 24.7 Å². The Morgan fingerprint density at radius 1 is 0.462 bits per heavy atom. The van der Waals surface area contributed by atoms with E-state index in [0.29, 0.717) is 6.61 Å². The summed E-state index contributed by atoms with van der Waals surface area (Å²) in [6.45, 7) is 14.4. The van der Waals surface area contributed by atoms with Crippen LogP contribution in [0.2, 0.25) is 0 Å². The second-order valence-corrected chi connectivity index (χ2v) is 24.8. The van der Waals surface area contributed by atoms with Crippen molar-refractivity contribution < 1.29 is 81.0 Å². The molecule has 2 N–H and O–H groups in total. The van der Waals surface area contributed by atoms with E-state index < -0.39 is 128 Å². The highest BCUT2D eigenvalue weighted by atomic mass is 16.8. The van der Waals surface area contributed by atoms with Crippen molar-refractivity contribution in [1.82, 2.24) is 5.32 Å². The third-order valence-electron chi connectivity index (χ3n) is 17.5. The molecular formula is C73H89NO17. The molecule has 5 aliphatic rings. The predicted octanol–water partition coefficient (Wildman–Crippen LogP) is 9.94. The van der Waals surface area contributed by atoms with Crippen LogP contribution in [0.5, 0.6) is 0 Å². The Labute approximate surface area is 534 Å². The van der Waals surface area contributed by atoms with Gasteiger partial charge in [-0.15, -0.1) is 0 Å². The summed E-state index contributed by atoms with van der Waals surface area (Å²) in [5.74, 6) is -1.83. The number of benzene rings is 6. The predicted molar refractivity (Wildman–Crippen MR) is 335 cm³/mol. The molecule has 0 spiro atoms. The molecule has 5 aliphatic heterocycles. The zero-order chi connectivity index (χ0) is 63.3. The van der Waals surface area contributed by atoms with Crippen molar-refractivity contribution in [1.29, 1.82) is 0 Å². The van der Waals surface area contributed by atoms with Crippen molar-refractivity contribution in [2.45, 2.75) is 210 Å². The van der Waals surface area contributed by atoms with Crippen molar-refractivity contribution >= 4 is 5.91 Å². The van der Waals surface area contributed by atoms with Gasteiger partial charge >= 0.3 is 0 Å². The third-order valence-corrected chi connectivity index (χ3v) is 17.5. The van der Waals surface area contributed by atoms with Crippen molar-refractivity contribution in [3.63, 3.8) is 0 Å². The number of aliphatic hydroxyl groups excluding tert-OH is 1. The molecule has 91 heavy (non-hydrogen) atoms. The second-order valence-electron chi connectivity index (χ2n) is 24.8. The maximum atomic E-state index is 13.4. The van der Waals surface area contributed by atoms with E-state index in [-0.39, 0.29) is 52.2 Å². The van der Waals surface area contributed by atoms with Gasteiger partial charge in [-0.2, -0.15) is 0 Å². The molecule has 18 nitrogen and oxygen atoms in total. The fourth-order valence-corrected chi connectivity index (χ4v) is 12.7. The summed E-state index contributed by atoms with van der Waals surface area (Å²) in [6.07, 6.45) is -16.9. The van der Waals surface area contributed by atoms with E-state index in [1.807, 2.05) is 203 Å². The van der Waals surface area contributed by atoms with Gasteiger partial charge < -0.3 is 81.5 Å². The Morgan fingerprint density at radius 2 is 0.857 bits per heavy atom. The van der Waals surface area contributed by atoms with Crippen LogP contribution in [0.3, 0.4) is 0 Å². The zero-order valence-electron chi connectivity index (χ0n) is 53.0. The van der Waals surface area contributed by atoms with E-state index in [1.165, 1.54) is 6.92 Å². The van der Waals surface area contributed by atoms with Crippen molar-refractivity contribution in [2.24, 2.45) is 5.92 Å². The number of rotatable bonds is 26. The molecular weight excluding hydrogens is 1160 g/mol. The Hall–Kier alpha value is -5.85. The normalized spacial score (nSPS) is 33.1. The van der Waals surface area contributed by atoms with Gasteiger partial charge in [0.2, 0.25) is 5.91 Å². The van der Waals surface area contributed by atoms with Crippen molar-refractivity contribution in [3.05, 3.63) is 215 Å². The van der Waals surface area contributed by atoms with Gasteiger partial charge in [0.1, 0.15) is 67.1 Å². The van der Waals surface area contributed by atoms with Crippen LogP contribution in [0.15, 0.2) is 182 Å². The lowest BCUT2D eigenvalue weighted by Crippen LogP contribution is -2.71. The number of nitrogens with one attached hydrogen (secondary N) is 1. The standard InChI is InChI=1S/C73H89NO17/c1-46-57(44-77-38-51-26-14-8-15-27-51)86-71(68(82-43-56-36-24-13-25-37-56)61(46)78-39-52-28-16-9-17-29-52)89-67-63(80-41-54-32-20-11-21-33-54)48(3)85-72(69(67)90-70-59(74-50(5)75)60(76)65-58(87-70)45-83-73(6,7)91-65)88-64-49(4)84-47(2)62(79-40-53-30-18-10-19-31-53)66(64)81-42-55-34-22-12-23-35-55/h8-37,46-49,57-72,76H,38-45H2,1-7H3,(H,74,75)/t46-,47?,48?,49+,57+,58?,59?,60-,61?,62+,63+,64?,65-,66+,67+,68?,69?,70+,71-,72+/m1/s1. The third kappa shape index (κ3) is 17.5. The molecule has 488 valence electrons.